The molecule has 3 heterocycles. The van der Waals surface area contributed by atoms with Crippen molar-refractivity contribution in [3.8, 4) is 22.3 Å². The molecule has 2 aromatic heterocycles. The molecule has 1 aliphatic rings. The number of anilines is 1. The molecule has 1 atom stereocenters. The third-order valence-electron chi connectivity index (χ3n) is 5.58. The van der Waals surface area contributed by atoms with Crippen molar-refractivity contribution in [2.75, 3.05) is 31.7 Å². The number of fused-ring (bicyclic) bond motifs is 1. The van der Waals surface area contributed by atoms with Crippen LogP contribution in [0, 0.1) is 0 Å². The number of aryl methyl sites for hydroxylation is 1. The second-order valence-corrected chi connectivity index (χ2v) is 9.50. The Morgan fingerprint density at radius 1 is 1.12 bits per heavy atom. The fraction of sp³-hybridized carbons (Fsp3) is 0.304. The van der Waals surface area contributed by atoms with Crippen molar-refractivity contribution < 1.29 is 18.3 Å². The maximum Gasteiger partial charge on any atom is 0.240 e. The molecule has 1 unspecified atom stereocenters. The van der Waals surface area contributed by atoms with E-state index in [4.69, 9.17) is 15.6 Å². The van der Waals surface area contributed by atoms with E-state index in [1.54, 1.807) is 31.6 Å². The molecule has 0 aliphatic carbocycles. The highest BCUT2D eigenvalue weighted by Crippen LogP contribution is 2.31. The van der Waals surface area contributed by atoms with Crippen molar-refractivity contribution in [3.05, 3.63) is 60.6 Å². The largest absolute Gasteiger partial charge is 0.395 e. The Bertz CT molecular complexity index is 1220. The van der Waals surface area contributed by atoms with Gasteiger partial charge in [0.15, 0.2) is 6.35 Å². The van der Waals surface area contributed by atoms with Crippen LogP contribution in [-0.2, 0) is 21.2 Å². The van der Waals surface area contributed by atoms with E-state index >= 15 is 0 Å². The van der Waals surface area contributed by atoms with E-state index in [0.29, 0.717) is 0 Å². The Kier molecular flexibility index (Phi) is 7.01. The Morgan fingerprint density at radius 2 is 1.82 bits per heavy atom. The molecule has 0 amide bonds. The second kappa shape index (κ2) is 9.94. The van der Waals surface area contributed by atoms with E-state index < -0.39 is 16.4 Å². The number of nitrogens with zero attached hydrogens (tertiary/aromatic N) is 3. The standard InChI is InChI=1S/C23H27N5O4S/c1-32-23(24)28-9-2-3-17-11-20(15-26-22(17)28)19-12-18(13-25-14-19)16-4-6-21(7-5-16)33(30,31)27-8-10-29/h4-7,11-15,23,27,29H,2-3,8-10,24H2,1H3. The minimum absolute atomic E-state index is 0.0277. The lowest BCUT2D eigenvalue weighted by atomic mass is 9.99. The molecular weight excluding hydrogens is 442 g/mol. The number of aliphatic hydroxyl groups excluding tert-OH is 1. The van der Waals surface area contributed by atoms with Crippen molar-refractivity contribution in [1.82, 2.24) is 14.7 Å². The van der Waals surface area contributed by atoms with Gasteiger partial charge in [-0.2, -0.15) is 0 Å². The maximum absolute atomic E-state index is 12.2. The Morgan fingerprint density at radius 3 is 2.52 bits per heavy atom. The van der Waals surface area contributed by atoms with Crippen LogP contribution in [0.25, 0.3) is 22.3 Å². The van der Waals surface area contributed by atoms with E-state index in [0.717, 1.165) is 53.0 Å². The Hall–Kier alpha value is -2.89. The lowest BCUT2D eigenvalue weighted by Crippen LogP contribution is -2.46. The summed E-state index contributed by atoms with van der Waals surface area (Å²) in [6.45, 7) is 0.511. The van der Waals surface area contributed by atoms with Gasteiger partial charge in [-0.25, -0.2) is 18.1 Å². The highest BCUT2D eigenvalue weighted by atomic mass is 32.2. The molecule has 0 radical (unpaired) electrons. The summed E-state index contributed by atoms with van der Waals surface area (Å²) < 4.78 is 32.1. The molecule has 174 valence electrons. The number of aliphatic hydroxyl groups is 1. The molecule has 3 aromatic rings. The summed E-state index contributed by atoms with van der Waals surface area (Å²) in [6, 6.07) is 10.7. The minimum Gasteiger partial charge on any atom is -0.395 e. The van der Waals surface area contributed by atoms with Gasteiger partial charge in [0.05, 0.1) is 11.5 Å². The SMILES string of the molecule is COC(N)N1CCCc2cc(-c3cncc(-c4ccc(S(=O)(=O)NCCO)cc4)c3)cnc21. The quantitative estimate of drug-likeness (QED) is 0.425. The fourth-order valence-corrected chi connectivity index (χ4v) is 4.89. The number of methoxy groups -OCH3 is 1. The van der Waals surface area contributed by atoms with Gasteiger partial charge >= 0.3 is 0 Å². The molecule has 4 N–H and O–H groups in total. The second-order valence-electron chi connectivity index (χ2n) is 7.74. The van der Waals surface area contributed by atoms with Gasteiger partial charge in [0.25, 0.3) is 0 Å². The predicted molar refractivity (Wildman–Crippen MR) is 126 cm³/mol. The van der Waals surface area contributed by atoms with Crippen LogP contribution in [0.15, 0.2) is 59.9 Å². The summed E-state index contributed by atoms with van der Waals surface area (Å²) in [5.74, 6) is 0.843. The molecule has 0 spiro atoms. The van der Waals surface area contributed by atoms with Crippen LogP contribution in [0.5, 0.6) is 0 Å². The van der Waals surface area contributed by atoms with E-state index in [2.05, 4.69) is 20.8 Å². The third-order valence-corrected chi connectivity index (χ3v) is 7.06. The zero-order chi connectivity index (χ0) is 23.4. The number of aromatic nitrogens is 2. The van der Waals surface area contributed by atoms with Gasteiger partial charge in [-0.1, -0.05) is 12.1 Å². The number of hydrogen-bond donors (Lipinski definition) is 3. The average molecular weight is 470 g/mol. The van der Waals surface area contributed by atoms with Crippen LogP contribution in [0.1, 0.15) is 12.0 Å². The van der Waals surface area contributed by atoms with E-state index in [1.807, 2.05) is 17.2 Å². The van der Waals surface area contributed by atoms with Gasteiger partial charge in [-0.15, -0.1) is 0 Å². The smallest absolute Gasteiger partial charge is 0.240 e. The minimum atomic E-state index is -3.65. The number of hydrogen-bond acceptors (Lipinski definition) is 8. The highest BCUT2D eigenvalue weighted by molar-refractivity contribution is 7.89. The first kappa shape index (κ1) is 23.3. The first-order valence-electron chi connectivity index (χ1n) is 10.6. The summed E-state index contributed by atoms with van der Waals surface area (Å²) in [5, 5.41) is 8.85. The van der Waals surface area contributed by atoms with E-state index in [-0.39, 0.29) is 18.0 Å². The molecular formula is C23H27N5O4S. The molecule has 1 aliphatic heterocycles. The van der Waals surface area contributed by atoms with Gasteiger partial charge < -0.3 is 14.7 Å². The fourth-order valence-electron chi connectivity index (χ4n) is 3.87. The zero-order valence-electron chi connectivity index (χ0n) is 18.3. The Labute approximate surface area is 193 Å². The topological polar surface area (TPSA) is 131 Å². The third kappa shape index (κ3) is 5.05. The molecule has 0 fully saturated rings. The van der Waals surface area contributed by atoms with Gasteiger partial charge in [-0.05, 0) is 48.2 Å². The lowest BCUT2D eigenvalue weighted by Gasteiger charge is -2.33. The average Bonchev–Trinajstić information content (AvgIpc) is 2.86. The van der Waals surface area contributed by atoms with Crippen LogP contribution < -0.4 is 15.4 Å². The molecule has 1 aromatic carbocycles. The zero-order valence-corrected chi connectivity index (χ0v) is 19.1. The number of benzene rings is 1. The normalized spacial score (nSPS) is 14.7. The summed E-state index contributed by atoms with van der Waals surface area (Å²) >= 11 is 0. The van der Waals surface area contributed by atoms with Crippen LogP contribution in [0.3, 0.4) is 0 Å². The monoisotopic (exact) mass is 469 g/mol. The van der Waals surface area contributed by atoms with Gasteiger partial charge in [-0.3, -0.25) is 10.7 Å². The van der Waals surface area contributed by atoms with E-state index in [9.17, 15) is 8.42 Å². The molecule has 10 heteroatoms. The van der Waals surface area contributed by atoms with Crippen molar-refractivity contribution in [3.63, 3.8) is 0 Å². The van der Waals surface area contributed by atoms with Crippen LogP contribution in [-0.4, -0.2) is 56.7 Å². The molecule has 0 saturated heterocycles. The number of ether oxygens (including phenoxy) is 1. The number of pyridine rings is 2. The molecule has 0 bridgehead atoms. The van der Waals surface area contributed by atoms with Gasteiger partial charge in [0.2, 0.25) is 10.0 Å². The molecule has 0 saturated carbocycles. The number of sulfonamides is 1. The van der Waals surface area contributed by atoms with Crippen LogP contribution >= 0.6 is 0 Å². The van der Waals surface area contributed by atoms with Crippen molar-refractivity contribution in [2.24, 2.45) is 5.73 Å². The van der Waals surface area contributed by atoms with Crippen LogP contribution in [0.2, 0.25) is 0 Å². The van der Waals surface area contributed by atoms with Crippen molar-refractivity contribution >= 4 is 15.8 Å². The Balaban J connectivity index is 1.60. The summed E-state index contributed by atoms with van der Waals surface area (Å²) in [7, 11) is -2.07. The molecule has 9 nitrogen and oxygen atoms in total. The summed E-state index contributed by atoms with van der Waals surface area (Å²) in [5.41, 5.74) is 10.7. The molecule has 4 rings (SSSR count). The van der Waals surface area contributed by atoms with Gasteiger partial charge in [0, 0.05) is 55.5 Å². The first-order valence-corrected chi connectivity index (χ1v) is 12.1. The summed E-state index contributed by atoms with van der Waals surface area (Å²) in [4.78, 5) is 11.1. The predicted octanol–water partition coefficient (Wildman–Crippen LogP) is 1.72. The van der Waals surface area contributed by atoms with Crippen molar-refractivity contribution in [1.29, 1.82) is 0 Å². The molecule has 33 heavy (non-hydrogen) atoms. The lowest BCUT2D eigenvalue weighted by molar-refractivity contribution is 0.102. The van der Waals surface area contributed by atoms with Gasteiger partial charge in [0.1, 0.15) is 5.82 Å². The number of nitrogens with one attached hydrogen (secondary N) is 1. The number of nitrogens with two attached hydrogens (primary N) is 1. The summed E-state index contributed by atoms with van der Waals surface area (Å²) in [6.07, 6.45) is 6.68. The van der Waals surface area contributed by atoms with Crippen molar-refractivity contribution in [2.45, 2.75) is 24.1 Å². The number of rotatable bonds is 8. The first-order chi connectivity index (χ1) is 15.9. The van der Waals surface area contributed by atoms with E-state index in [1.165, 1.54) is 12.1 Å². The highest BCUT2D eigenvalue weighted by Gasteiger charge is 2.23. The van der Waals surface area contributed by atoms with Crippen LogP contribution in [0.4, 0.5) is 5.82 Å². The maximum atomic E-state index is 12.2.